The number of rotatable bonds is 6. The van der Waals surface area contributed by atoms with E-state index in [1.807, 2.05) is 4.90 Å². The van der Waals surface area contributed by atoms with Gasteiger partial charge in [0, 0.05) is 13.6 Å². The summed E-state index contributed by atoms with van der Waals surface area (Å²) in [6.45, 7) is 2.31. The first-order chi connectivity index (χ1) is 9.51. The monoisotopic (exact) mass is 286 g/mol. The summed E-state index contributed by atoms with van der Waals surface area (Å²) in [6, 6.07) is -0.508. The van der Waals surface area contributed by atoms with E-state index in [9.17, 15) is 14.4 Å². The standard InChI is InChI=1S/C12H22N4O4/c1-13-12(20)15-10(17)8-16-4-2-3-9(7-16)5-14-6-11(18)19/h9,14H,2-8H2,1H3,(H,18,19)(H2,13,15,17,20). The van der Waals surface area contributed by atoms with Gasteiger partial charge in [0.15, 0.2) is 0 Å². The molecule has 0 radical (unpaired) electrons. The number of piperidine rings is 1. The van der Waals surface area contributed by atoms with E-state index in [0.717, 1.165) is 25.9 Å². The van der Waals surface area contributed by atoms with Crippen molar-refractivity contribution >= 4 is 17.9 Å². The highest BCUT2D eigenvalue weighted by Crippen LogP contribution is 2.15. The van der Waals surface area contributed by atoms with E-state index in [2.05, 4.69) is 16.0 Å². The molecule has 1 saturated heterocycles. The van der Waals surface area contributed by atoms with E-state index < -0.39 is 12.0 Å². The van der Waals surface area contributed by atoms with Crippen molar-refractivity contribution in [3.63, 3.8) is 0 Å². The van der Waals surface area contributed by atoms with E-state index in [0.29, 0.717) is 12.5 Å². The number of hydrogen-bond acceptors (Lipinski definition) is 5. The lowest BCUT2D eigenvalue weighted by molar-refractivity contribution is -0.136. The second-order valence-electron chi connectivity index (χ2n) is 4.90. The summed E-state index contributed by atoms with van der Waals surface area (Å²) in [6.07, 6.45) is 1.98. The molecule has 0 aromatic heterocycles. The molecule has 0 aromatic rings. The van der Waals surface area contributed by atoms with Crippen molar-refractivity contribution in [2.45, 2.75) is 12.8 Å². The number of carbonyl (C=O) groups excluding carboxylic acids is 2. The van der Waals surface area contributed by atoms with Crippen LogP contribution in [-0.4, -0.2) is 67.7 Å². The minimum Gasteiger partial charge on any atom is -0.480 e. The van der Waals surface area contributed by atoms with Gasteiger partial charge in [0.1, 0.15) is 0 Å². The number of urea groups is 1. The highest BCUT2D eigenvalue weighted by atomic mass is 16.4. The van der Waals surface area contributed by atoms with E-state index in [4.69, 9.17) is 5.11 Å². The van der Waals surface area contributed by atoms with Crippen LogP contribution in [-0.2, 0) is 9.59 Å². The minimum absolute atomic E-state index is 0.0480. The van der Waals surface area contributed by atoms with E-state index in [-0.39, 0.29) is 19.0 Å². The van der Waals surface area contributed by atoms with Crippen LogP contribution in [0, 0.1) is 5.92 Å². The molecule has 8 heteroatoms. The number of imide groups is 1. The van der Waals surface area contributed by atoms with E-state index in [1.54, 1.807) is 0 Å². The molecule has 1 fully saturated rings. The highest BCUT2D eigenvalue weighted by Gasteiger charge is 2.21. The maximum atomic E-state index is 11.6. The third-order valence-electron chi connectivity index (χ3n) is 3.16. The topological polar surface area (TPSA) is 111 Å². The number of carboxylic acids is 1. The summed E-state index contributed by atoms with van der Waals surface area (Å²) in [5, 5.41) is 16.0. The van der Waals surface area contributed by atoms with Gasteiger partial charge in [0.05, 0.1) is 13.1 Å². The molecule has 1 heterocycles. The van der Waals surface area contributed by atoms with Crippen molar-refractivity contribution in [2.24, 2.45) is 5.92 Å². The Bertz CT molecular complexity index is 361. The Morgan fingerprint density at radius 2 is 2.10 bits per heavy atom. The molecule has 20 heavy (non-hydrogen) atoms. The summed E-state index contributed by atoms with van der Waals surface area (Å²) in [5.41, 5.74) is 0. The van der Waals surface area contributed by atoms with Crippen molar-refractivity contribution in [3.05, 3.63) is 0 Å². The number of aliphatic carboxylic acids is 1. The normalized spacial score (nSPS) is 19.4. The van der Waals surface area contributed by atoms with Gasteiger partial charge in [-0.3, -0.25) is 19.8 Å². The first-order valence-electron chi connectivity index (χ1n) is 6.67. The molecular weight excluding hydrogens is 264 g/mol. The van der Waals surface area contributed by atoms with Gasteiger partial charge in [0.25, 0.3) is 0 Å². The molecule has 1 aliphatic heterocycles. The molecule has 1 aliphatic rings. The van der Waals surface area contributed by atoms with Crippen LogP contribution in [0.5, 0.6) is 0 Å². The number of likely N-dealkylation sites (tertiary alicyclic amines) is 1. The zero-order valence-corrected chi connectivity index (χ0v) is 11.6. The summed E-state index contributed by atoms with van der Waals surface area (Å²) in [4.78, 5) is 35.0. The molecule has 114 valence electrons. The largest absolute Gasteiger partial charge is 0.480 e. The van der Waals surface area contributed by atoms with Gasteiger partial charge < -0.3 is 15.7 Å². The molecule has 0 aliphatic carbocycles. The maximum Gasteiger partial charge on any atom is 0.321 e. The summed E-state index contributed by atoms with van der Waals surface area (Å²) < 4.78 is 0. The fraction of sp³-hybridized carbons (Fsp3) is 0.750. The fourth-order valence-electron chi connectivity index (χ4n) is 2.28. The summed E-state index contributed by atoms with van der Waals surface area (Å²) in [7, 11) is 1.45. The maximum absolute atomic E-state index is 11.6. The number of hydrogen-bond donors (Lipinski definition) is 4. The lowest BCUT2D eigenvalue weighted by atomic mass is 9.98. The van der Waals surface area contributed by atoms with Gasteiger partial charge in [-0.25, -0.2) is 4.79 Å². The molecular formula is C12H22N4O4. The molecule has 0 spiro atoms. The van der Waals surface area contributed by atoms with E-state index in [1.165, 1.54) is 7.05 Å². The predicted molar refractivity (Wildman–Crippen MR) is 72.3 cm³/mol. The summed E-state index contributed by atoms with van der Waals surface area (Å²) in [5.74, 6) is -0.873. The number of amides is 3. The lowest BCUT2D eigenvalue weighted by Gasteiger charge is -2.32. The third-order valence-corrected chi connectivity index (χ3v) is 3.16. The molecule has 4 N–H and O–H groups in total. The van der Waals surface area contributed by atoms with E-state index >= 15 is 0 Å². The highest BCUT2D eigenvalue weighted by molar-refractivity contribution is 5.95. The molecule has 3 amide bonds. The number of nitrogens with one attached hydrogen (secondary N) is 3. The van der Waals surface area contributed by atoms with Gasteiger partial charge >= 0.3 is 12.0 Å². The Labute approximate surface area is 117 Å². The van der Waals surface area contributed by atoms with Gasteiger partial charge in [0.2, 0.25) is 5.91 Å². The molecule has 1 atom stereocenters. The first kappa shape index (κ1) is 16.4. The van der Waals surface area contributed by atoms with Gasteiger partial charge in [-0.2, -0.15) is 0 Å². The number of carbonyl (C=O) groups is 3. The number of carboxylic acid groups (broad SMARTS) is 1. The van der Waals surface area contributed by atoms with Crippen LogP contribution >= 0.6 is 0 Å². The average molecular weight is 286 g/mol. The summed E-state index contributed by atoms with van der Waals surface area (Å²) >= 11 is 0. The van der Waals surface area contributed by atoms with Crippen molar-refractivity contribution in [1.29, 1.82) is 0 Å². The predicted octanol–water partition coefficient (Wildman–Crippen LogP) is -1.17. The van der Waals surface area contributed by atoms with Crippen LogP contribution in [0.1, 0.15) is 12.8 Å². The first-order valence-corrected chi connectivity index (χ1v) is 6.67. The zero-order valence-electron chi connectivity index (χ0n) is 11.6. The van der Waals surface area contributed by atoms with Crippen LogP contribution in [0.25, 0.3) is 0 Å². The third kappa shape index (κ3) is 6.48. The zero-order chi connectivity index (χ0) is 15.0. The van der Waals surface area contributed by atoms with Crippen molar-refractivity contribution in [2.75, 3.05) is 39.8 Å². The van der Waals surface area contributed by atoms with Crippen LogP contribution < -0.4 is 16.0 Å². The van der Waals surface area contributed by atoms with Crippen molar-refractivity contribution < 1.29 is 19.5 Å². The minimum atomic E-state index is -0.873. The molecule has 0 aromatic carbocycles. The molecule has 0 saturated carbocycles. The molecule has 1 unspecified atom stereocenters. The van der Waals surface area contributed by atoms with Gasteiger partial charge in [-0.1, -0.05) is 0 Å². The molecule has 1 rings (SSSR count). The second kappa shape index (κ2) is 8.49. The van der Waals surface area contributed by atoms with Crippen molar-refractivity contribution in [3.8, 4) is 0 Å². The van der Waals surface area contributed by atoms with Gasteiger partial charge in [-0.15, -0.1) is 0 Å². The van der Waals surface area contributed by atoms with Crippen molar-refractivity contribution in [1.82, 2.24) is 20.9 Å². The van der Waals surface area contributed by atoms with Crippen LogP contribution in [0.3, 0.4) is 0 Å². The van der Waals surface area contributed by atoms with Crippen LogP contribution in [0.2, 0.25) is 0 Å². The average Bonchev–Trinajstić information content (AvgIpc) is 2.38. The second-order valence-corrected chi connectivity index (χ2v) is 4.90. The quantitative estimate of drug-likeness (QED) is 0.489. The Morgan fingerprint density at radius 3 is 2.75 bits per heavy atom. The SMILES string of the molecule is CNC(=O)NC(=O)CN1CCCC(CNCC(=O)O)C1. The van der Waals surface area contributed by atoms with Crippen LogP contribution in [0.15, 0.2) is 0 Å². The Morgan fingerprint density at radius 1 is 1.35 bits per heavy atom. The fourth-order valence-corrected chi connectivity index (χ4v) is 2.28. The molecule has 0 bridgehead atoms. The Hall–Kier alpha value is -1.67. The van der Waals surface area contributed by atoms with Gasteiger partial charge in [-0.05, 0) is 31.8 Å². The number of nitrogens with zero attached hydrogens (tertiary/aromatic N) is 1. The molecule has 8 nitrogen and oxygen atoms in total. The smallest absolute Gasteiger partial charge is 0.321 e. The Balaban J connectivity index is 2.27. The van der Waals surface area contributed by atoms with Crippen LogP contribution in [0.4, 0.5) is 4.79 Å². The Kier molecular flexibility index (Phi) is 6.96. The lowest BCUT2D eigenvalue weighted by Crippen LogP contribution is -2.47.